The van der Waals surface area contributed by atoms with Crippen LogP contribution in [0.25, 0.3) is 0 Å². The Hall–Kier alpha value is -1.66. The van der Waals surface area contributed by atoms with E-state index >= 15 is 0 Å². The zero-order valence-electron chi connectivity index (χ0n) is 14.3. The fourth-order valence-electron chi connectivity index (χ4n) is 2.69. The molecule has 5 heteroatoms. The number of hydrogen-bond donors (Lipinski definition) is 2. The topological polar surface area (TPSA) is 58.9 Å². The molecule has 1 aliphatic carbocycles. The van der Waals surface area contributed by atoms with Gasteiger partial charge < -0.3 is 19.7 Å². The van der Waals surface area contributed by atoms with Crippen LogP contribution in [0.5, 0.6) is 0 Å². The first-order valence-electron chi connectivity index (χ1n) is 7.89. The van der Waals surface area contributed by atoms with Gasteiger partial charge in [0.05, 0.1) is 19.5 Å². The largest absolute Gasteiger partial charge is 0.505 e. The summed E-state index contributed by atoms with van der Waals surface area (Å²) in [6.07, 6.45) is 13.0. The number of rotatable bonds is 7. The minimum absolute atomic E-state index is 0.658. The number of methoxy groups -OCH3 is 2. The van der Waals surface area contributed by atoms with Gasteiger partial charge in [0.25, 0.3) is 0 Å². The molecule has 0 aromatic heterocycles. The van der Waals surface area contributed by atoms with Crippen molar-refractivity contribution in [1.82, 2.24) is 0 Å². The molecule has 0 aliphatic heterocycles. The van der Waals surface area contributed by atoms with Gasteiger partial charge in [-0.2, -0.15) is 0 Å². The molecular formula is C20H23BrO4. The molecule has 0 saturated heterocycles. The third kappa shape index (κ3) is 4.50. The zero-order valence-corrected chi connectivity index (χ0v) is 15.9. The quantitative estimate of drug-likeness (QED) is 0.414. The van der Waals surface area contributed by atoms with Gasteiger partial charge in [-0.15, -0.1) is 0 Å². The van der Waals surface area contributed by atoms with Gasteiger partial charge >= 0.3 is 0 Å². The first-order valence-corrected chi connectivity index (χ1v) is 9.01. The Bertz CT molecular complexity index is 645. The minimum Gasteiger partial charge on any atom is -0.505 e. The van der Waals surface area contributed by atoms with E-state index in [2.05, 4.69) is 15.9 Å². The second-order valence-electron chi connectivity index (χ2n) is 5.70. The van der Waals surface area contributed by atoms with Crippen molar-refractivity contribution >= 4 is 15.9 Å². The second kappa shape index (κ2) is 8.63. The van der Waals surface area contributed by atoms with E-state index in [1.807, 2.05) is 42.5 Å². The Labute approximate surface area is 156 Å². The third-order valence-corrected chi connectivity index (χ3v) is 4.51. The number of ether oxygens (including phenoxy) is 2. The van der Waals surface area contributed by atoms with E-state index in [0.717, 1.165) is 5.56 Å². The van der Waals surface area contributed by atoms with E-state index in [0.29, 0.717) is 10.9 Å². The summed E-state index contributed by atoms with van der Waals surface area (Å²) >= 11 is 3.38. The summed E-state index contributed by atoms with van der Waals surface area (Å²) in [7, 11) is 3.22. The average Bonchev–Trinajstić information content (AvgIpc) is 2.65. The van der Waals surface area contributed by atoms with Crippen LogP contribution < -0.4 is 0 Å². The van der Waals surface area contributed by atoms with Crippen LogP contribution in [0.1, 0.15) is 11.1 Å². The van der Waals surface area contributed by atoms with E-state index in [1.54, 1.807) is 44.8 Å². The molecule has 1 unspecified atom stereocenters. The molecule has 0 spiro atoms. The summed E-state index contributed by atoms with van der Waals surface area (Å²) < 4.78 is 10.8. The molecular weight excluding hydrogens is 384 g/mol. The van der Waals surface area contributed by atoms with Crippen molar-refractivity contribution in [1.29, 1.82) is 0 Å². The summed E-state index contributed by atoms with van der Waals surface area (Å²) in [6.45, 7) is 0. The number of allylic oxidation sites excluding steroid dienone is 1. The lowest BCUT2D eigenvalue weighted by molar-refractivity contribution is 0.0698. The maximum atomic E-state index is 10.7. The Kier molecular flexibility index (Phi) is 6.79. The fourth-order valence-corrected chi connectivity index (χ4v) is 2.88. The highest BCUT2D eigenvalue weighted by Gasteiger charge is 2.29. The van der Waals surface area contributed by atoms with Crippen molar-refractivity contribution in [3.8, 4) is 0 Å². The lowest BCUT2D eigenvalue weighted by Crippen LogP contribution is -2.26. The van der Waals surface area contributed by atoms with Crippen LogP contribution in [-0.2, 0) is 20.7 Å². The standard InChI is InChI=1S/C20H23BrO4/c1-24-15-13-20(25-2,10-3-14-21)17-6-4-16(5-7-17)19(23)11-8-18(22)9-12-19/h3-13,15,18,22-23H,14H2,1-2H3/b10-3-,15-13-/t18-,19+,20?. The van der Waals surface area contributed by atoms with Gasteiger partial charge in [-0.05, 0) is 35.4 Å². The molecule has 25 heavy (non-hydrogen) atoms. The maximum Gasteiger partial charge on any atom is 0.132 e. The summed E-state index contributed by atoms with van der Waals surface area (Å²) in [5.41, 5.74) is -0.376. The second-order valence-corrected chi connectivity index (χ2v) is 6.35. The monoisotopic (exact) mass is 406 g/mol. The van der Waals surface area contributed by atoms with E-state index in [4.69, 9.17) is 9.47 Å². The van der Waals surface area contributed by atoms with Gasteiger partial charge in [-0.1, -0.05) is 58.4 Å². The van der Waals surface area contributed by atoms with E-state index < -0.39 is 17.3 Å². The van der Waals surface area contributed by atoms with E-state index in [9.17, 15) is 10.2 Å². The van der Waals surface area contributed by atoms with E-state index in [-0.39, 0.29) is 0 Å². The van der Waals surface area contributed by atoms with Crippen molar-refractivity contribution in [2.24, 2.45) is 0 Å². The molecule has 1 aliphatic rings. The molecule has 1 aromatic rings. The molecule has 0 fully saturated rings. The number of hydrogen-bond acceptors (Lipinski definition) is 4. The van der Waals surface area contributed by atoms with Crippen LogP contribution >= 0.6 is 15.9 Å². The number of aliphatic hydroxyl groups is 2. The molecule has 0 amide bonds. The van der Waals surface area contributed by atoms with Gasteiger partial charge in [0.1, 0.15) is 11.2 Å². The lowest BCUT2D eigenvalue weighted by Gasteiger charge is -2.28. The summed E-state index contributed by atoms with van der Waals surface area (Å²) in [5.74, 6) is 0. The highest BCUT2D eigenvalue weighted by atomic mass is 79.9. The van der Waals surface area contributed by atoms with Crippen LogP contribution in [0.4, 0.5) is 0 Å². The van der Waals surface area contributed by atoms with Gasteiger partial charge in [0, 0.05) is 12.4 Å². The zero-order chi connectivity index (χ0) is 18.3. The van der Waals surface area contributed by atoms with Gasteiger partial charge in [-0.25, -0.2) is 0 Å². The number of halogens is 1. The number of benzene rings is 1. The summed E-state index contributed by atoms with van der Waals surface area (Å²) in [6, 6.07) is 7.50. The normalized spacial score (nSPS) is 25.6. The molecule has 134 valence electrons. The highest BCUT2D eigenvalue weighted by molar-refractivity contribution is 9.09. The van der Waals surface area contributed by atoms with Crippen LogP contribution in [0.3, 0.4) is 0 Å². The highest BCUT2D eigenvalue weighted by Crippen LogP contribution is 2.33. The summed E-state index contributed by atoms with van der Waals surface area (Å²) in [4.78, 5) is 0. The van der Waals surface area contributed by atoms with Crippen LogP contribution in [0, 0.1) is 0 Å². The van der Waals surface area contributed by atoms with Crippen molar-refractivity contribution in [2.45, 2.75) is 17.3 Å². The Balaban J connectivity index is 2.38. The van der Waals surface area contributed by atoms with Crippen molar-refractivity contribution in [2.75, 3.05) is 19.5 Å². The number of aliphatic hydroxyl groups excluding tert-OH is 1. The molecule has 0 heterocycles. The minimum atomic E-state index is -1.22. The smallest absolute Gasteiger partial charge is 0.132 e. The third-order valence-electron chi connectivity index (χ3n) is 4.14. The van der Waals surface area contributed by atoms with E-state index in [1.165, 1.54) is 0 Å². The SMILES string of the molecule is CO/C=C\C(/C=C\CBr)(OC)c1ccc([C@]2(O)C=C[C@@H](O)C=C2)cc1. The molecule has 0 saturated carbocycles. The first kappa shape index (κ1) is 19.7. The summed E-state index contributed by atoms with van der Waals surface area (Å²) in [5, 5.41) is 20.9. The van der Waals surface area contributed by atoms with Gasteiger partial charge in [0.2, 0.25) is 0 Å². The Morgan fingerprint density at radius 2 is 1.80 bits per heavy atom. The van der Waals surface area contributed by atoms with Crippen molar-refractivity contribution in [3.63, 3.8) is 0 Å². The average molecular weight is 407 g/mol. The molecule has 1 aromatic carbocycles. The molecule has 1 atom stereocenters. The van der Waals surface area contributed by atoms with Gasteiger partial charge in [-0.3, -0.25) is 0 Å². The molecule has 2 N–H and O–H groups in total. The fraction of sp³-hybridized carbons (Fsp3) is 0.300. The predicted molar refractivity (Wildman–Crippen MR) is 102 cm³/mol. The van der Waals surface area contributed by atoms with Crippen molar-refractivity contribution in [3.05, 3.63) is 84.2 Å². The first-order chi connectivity index (χ1) is 12.0. The molecule has 2 rings (SSSR count). The van der Waals surface area contributed by atoms with Crippen LogP contribution in [-0.4, -0.2) is 35.9 Å². The maximum absolute atomic E-state index is 10.7. The molecule has 4 nitrogen and oxygen atoms in total. The molecule has 0 bridgehead atoms. The molecule has 0 radical (unpaired) electrons. The Morgan fingerprint density at radius 3 is 2.32 bits per heavy atom. The lowest BCUT2D eigenvalue weighted by atomic mass is 9.86. The van der Waals surface area contributed by atoms with Crippen LogP contribution in [0.15, 0.2) is 73.1 Å². The van der Waals surface area contributed by atoms with Crippen molar-refractivity contribution < 1.29 is 19.7 Å². The number of alkyl halides is 1. The Morgan fingerprint density at radius 1 is 1.16 bits per heavy atom. The predicted octanol–water partition coefficient (Wildman–Crippen LogP) is 3.31. The van der Waals surface area contributed by atoms with Crippen LogP contribution in [0.2, 0.25) is 0 Å². The van der Waals surface area contributed by atoms with Gasteiger partial charge in [0.15, 0.2) is 0 Å².